The number of aryl methyl sites for hydroxylation is 1. The molecular formula is C22H19FN6O5. The molecule has 11 nitrogen and oxygen atoms in total. The summed E-state index contributed by atoms with van der Waals surface area (Å²) in [5, 5.41) is 27.0. The number of hydrogen-bond donors (Lipinski definition) is 2. The number of carboxylic acid groups (broad SMARTS) is 1. The molecule has 1 atom stereocenters. The number of amides is 1. The van der Waals surface area contributed by atoms with E-state index in [-0.39, 0.29) is 11.4 Å². The summed E-state index contributed by atoms with van der Waals surface area (Å²) in [4.78, 5) is 24.2. The van der Waals surface area contributed by atoms with Gasteiger partial charge < -0.3 is 14.4 Å². The lowest BCUT2D eigenvalue weighted by molar-refractivity contribution is -0.138. The summed E-state index contributed by atoms with van der Waals surface area (Å²) in [6.45, 7) is 2.80. The normalized spacial score (nSPS) is 11.7. The first-order valence-corrected chi connectivity index (χ1v) is 10.1. The van der Waals surface area contributed by atoms with Crippen LogP contribution < -0.4 is 5.32 Å². The summed E-state index contributed by atoms with van der Waals surface area (Å²) >= 11 is 0. The quantitative estimate of drug-likeness (QED) is 0.415. The number of aromatic nitrogens is 5. The van der Waals surface area contributed by atoms with Crippen molar-refractivity contribution in [2.45, 2.75) is 26.5 Å². The highest BCUT2D eigenvalue weighted by Crippen LogP contribution is 2.32. The van der Waals surface area contributed by atoms with E-state index in [2.05, 4.69) is 25.9 Å². The van der Waals surface area contributed by atoms with Crippen molar-refractivity contribution in [2.24, 2.45) is 0 Å². The zero-order valence-electron chi connectivity index (χ0n) is 18.1. The van der Waals surface area contributed by atoms with Crippen molar-refractivity contribution in [3.05, 3.63) is 65.7 Å². The number of nitrogens with zero attached hydrogens (tertiary/aromatic N) is 5. The average Bonchev–Trinajstić information content (AvgIpc) is 3.40. The van der Waals surface area contributed by atoms with E-state index in [1.54, 1.807) is 56.3 Å². The van der Waals surface area contributed by atoms with E-state index in [0.717, 1.165) is 4.80 Å². The number of carbonyl (C=O) groups excluding carboxylic acids is 1. The van der Waals surface area contributed by atoms with Crippen molar-refractivity contribution in [1.82, 2.24) is 25.4 Å². The minimum Gasteiger partial charge on any atom is -0.480 e. The molecule has 0 aliphatic heterocycles. The van der Waals surface area contributed by atoms with Crippen LogP contribution in [0.4, 0.5) is 14.9 Å². The molecule has 4 rings (SSSR count). The Labute approximate surface area is 192 Å². The molecule has 12 heteroatoms. The number of carbonyl (C=O) groups is 2. The number of aliphatic carboxylic acids is 1. The topological polar surface area (TPSA) is 145 Å². The number of ether oxygens (including phenoxy) is 1. The van der Waals surface area contributed by atoms with Crippen molar-refractivity contribution in [2.75, 3.05) is 5.32 Å². The lowest BCUT2D eigenvalue weighted by Crippen LogP contribution is -2.17. The van der Waals surface area contributed by atoms with Gasteiger partial charge in [0.15, 0.2) is 12.3 Å². The van der Waals surface area contributed by atoms with Crippen molar-refractivity contribution >= 4 is 17.7 Å². The van der Waals surface area contributed by atoms with Crippen molar-refractivity contribution < 1.29 is 28.3 Å². The van der Waals surface area contributed by atoms with Crippen molar-refractivity contribution in [3.8, 4) is 22.6 Å². The third-order valence-electron chi connectivity index (χ3n) is 4.86. The fourth-order valence-corrected chi connectivity index (χ4v) is 3.20. The van der Waals surface area contributed by atoms with Crippen LogP contribution in [-0.2, 0) is 16.1 Å². The predicted molar refractivity (Wildman–Crippen MR) is 116 cm³/mol. The van der Waals surface area contributed by atoms with E-state index < -0.39 is 30.5 Å². The molecule has 174 valence electrons. The van der Waals surface area contributed by atoms with Crippen LogP contribution in [-0.4, -0.2) is 42.5 Å². The summed E-state index contributed by atoms with van der Waals surface area (Å²) < 4.78 is 24.5. The molecule has 0 radical (unpaired) electrons. The van der Waals surface area contributed by atoms with Gasteiger partial charge in [-0.1, -0.05) is 47.6 Å². The monoisotopic (exact) mass is 466 g/mol. The molecule has 0 saturated heterocycles. The van der Waals surface area contributed by atoms with Crippen LogP contribution in [0.2, 0.25) is 0 Å². The van der Waals surface area contributed by atoms with E-state index in [0.29, 0.717) is 28.3 Å². The molecule has 0 aliphatic carbocycles. The first-order valence-electron chi connectivity index (χ1n) is 10.1. The summed E-state index contributed by atoms with van der Waals surface area (Å²) in [5.41, 5.74) is 2.15. The molecule has 0 unspecified atom stereocenters. The largest absolute Gasteiger partial charge is 0.480 e. The molecular weight excluding hydrogens is 447 g/mol. The first kappa shape index (κ1) is 22.6. The summed E-state index contributed by atoms with van der Waals surface area (Å²) in [6.07, 6.45) is -1.61. The number of carboxylic acids is 1. The maximum atomic E-state index is 14.0. The van der Waals surface area contributed by atoms with Gasteiger partial charge in [-0.25, -0.2) is 9.18 Å². The average molecular weight is 466 g/mol. The van der Waals surface area contributed by atoms with Gasteiger partial charge in [0, 0.05) is 16.7 Å². The highest BCUT2D eigenvalue weighted by molar-refractivity contribution is 5.91. The van der Waals surface area contributed by atoms with Crippen LogP contribution >= 0.6 is 0 Å². The highest BCUT2D eigenvalue weighted by Gasteiger charge is 2.21. The number of nitrogens with one attached hydrogen (secondary N) is 1. The van der Waals surface area contributed by atoms with Gasteiger partial charge in [0.25, 0.3) is 0 Å². The van der Waals surface area contributed by atoms with Crippen LogP contribution in [0.25, 0.3) is 22.6 Å². The molecule has 0 aliphatic rings. The molecule has 2 heterocycles. The van der Waals surface area contributed by atoms with Crippen LogP contribution in [0.3, 0.4) is 0 Å². The summed E-state index contributed by atoms with van der Waals surface area (Å²) in [6, 6.07) is 12.9. The van der Waals surface area contributed by atoms with Crippen molar-refractivity contribution in [3.63, 3.8) is 0 Å². The molecule has 2 N–H and O–H groups in total. The van der Waals surface area contributed by atoms with Gasteiger partial charge in [-0.2, -0.15) is 4.80 Å². The lowest BCUT2D eigenvalue weighted by atomic mass is 10.1. The Morgan fingerprint density at radius 3 is 2.59 bits per heavy atom. The maximum absolute atomic E-state index is 14.0. The minimum absolute atomic E-state index is 0.254. The SMILES string of the molecule is Cc1onc(-c2ccc(-c3nnn(CC(=O)O)n3)cc2)c1NC(=O)O[C@H](C)c1ccccc1F. The molecule has 2 aromatic carbocycles. The zero-order chi connectivity index (χ0) is 24.2. The molecule has 2 aromatic heterocycles. The van der Waals surface area contributed by atoms with Gasteiger partial charge in [0.2, 0.25) is 5.82 Å². The molecule has 0 saturated carbocycles. The second-order valence-electron chi connectivity index (χ2n) is 7.27. The van der Waals surface area contributed by atoms with Gasteiger partial charge in [-0.05, 0) is 25.1 Å². The Bertz CT molecular complexity index is 1330. The maximum Gasteiger partial charge on any atom is 0.412 e. The molecule has 4 aromatic rings. The summed E-state index contributed by atoms with van der Waals surface area (Å²) in [5.74, 6) is -0.939. The van der Waals surface area contributed by atoms with E-state index in [4.69, 9.17) is 14.4 Å². The smallest absolute Gasteiger partial charge is 0.412 e. The van der Waals surface area contributed by atoms with Gasteiger partial charge in [-0.15, -0.1) is 10.2 Å². The number of hydrogen-bond acceptors (Lipinski definition) is 8. The molecule has 0 fully saturated rings. The second-order valence-corrected chi connectivity index (χ2v) is 7.27. The number of tetrazole rings is 1. The Morgan fingerprint density at radius 1 is 1.18 bits per heavy atom. The number of rotatable bonds is 7. The summed E-state index contributed by atoms with van der Waals surface area (Å²) in [7, 11) is 0. The van der Waals surface area contributed by atoms with Gasteiger partial charge in [-0.3, -0.25) is 10.1 Å². The first-order chi connectivity index (χ1) is 16.3. The third kappa shape index (κ3) is 4.90. The lowest BCUT2D eigenvalue weighted by Gasteiger charge is -2.15. The van der Waals surface area contributed by atoms with E-state index >= 15 is 0 Å². The Balaban J connectivity index is 1.49. The van der Waals surface area contributed by atoms with Crippen LogP contribution in [0.15, 0.2) is 53.1 Å². The Morgan fingerprint density at radius 2 is 1.88 bits per heavy atom. The number of anilines is 1. The molecule has 1 amide bonds. The van der Waals surface area contributed by atoms with Gasteiger partial charge in [0.05, 0.1) is 0 Å². The number of benzene rings is 2. The molecule has 34 heavy (non-hydrogen) atoms. The molecule has 0 spiro atoms. The molecule has 0 bridgehead atoms. The standard InChI is InChI=1S/C22H19FN6O5/c1-12(16-5-3-4-6-17(16)23)33-22(32)24-19-13(2)34-27-20(19)14-7-9-15(10-8-14)21-25-28-29(26-21)11-18(30)31/h3-10,12H,11H2,1-2H3,(H,24,32)(H,30,31)/t12-/m1/s1. The highest BCUT2D eigenvalue weighted by atomic mass is 19.1. The third-order valence-corrected chi connectivity index (χ3v) is 4.86. The van der Waals surface area contributed by atoms with Gasteiger partial charge >= 0.3 is 12.1 Å². The van der Waals surface area contributed by atoms with Crippen LogP contribution in [0.5, 0.6) is 0 Å². The second kappa shape index (κ2) is 9.48. The minimum atomic E-state index is -1.08. The van der Waals surface area contributed by atoms with Gasteiger partial charge in [0.1, 0.15) is 23.3 Å². The fraction of sp³-hybridized carbons (Fsp3) is 0.182. The van der Waals surface area contributed by atoms with E-state index in [1.807, 2.05) is 0 Å². The van der Waals surface area contributed by atoms with Crippen LogP contribution in [0.1, 0.15) is 24.4 Å². The Kier molecular flexibility index (Phi) is 6.30. The van der Waals surface area contributed by atoms with E-state index in [9.17, 15) is 14.0 Å². The van der Waals surface area contributed by atoms with Crippen molar-refractivity contribution in [1.29, 1.82) is 0 Å². The predicted octanol–water partition coefficient (Wildman–Crippen LogP) is 3.84. The Hall–Kier alpha value is -4.61. The fourth-order valence-electron chi connectivity index (χ4n) is 3.20. The van der Waals surface area contributed by atoms with Crippen LogP contribution in [0, 0.1) is 12.7 Å². The van der Waals surface area contributed by atoms with E-state index in [1.165, 1.54) is 6.07 Å². The zero-order valence-corrected chi connectivity index (χ0v) is 18.1. The number of halogens is 1.